The van der Waals surface area contributed by atoms with E-state index in [2.05, 4.69) is 10.4 Å². The van der Waals surface area contributed by atoms with Crippen LogP contribution in [-0.4, -0.2) is 28.5 Å². The molecule has 1 aromatic heterocycles. The minimum absolute atomic E-state index is 0.00514. The van der Waals surface area contributed by atoms with Crippen molar-refractivity contribution in [2.24, 2.45) is 0 Å². The Bertz CT molecular complexity index is 493. The monoisotopic (exact) mass is 271 g/mol. The van der Waals surface area contributed by atoms with Crippen LogP contribution in [0.5, 0.6) is 0 Å². The predicted octanol–water partition coefficient (Wildman–Crippen LogP) is 2.07. The first-order valence-electron chi connectivity index (χ1n) is 6.06. The minimum atomic E-state index is -0.265. The maximum absolute atomic E-state index is 12.0. The number of rotatable bonds is 3. The van der Waals surface area contributed by atoms with Gasteiger partial charge in [0.2, 0.25) is 0 Å². The Morgan fingerprint density at radius 3 is 2.89 bits per heavy atom. The zero-order chi connectivity index (χ0) is 13.3. The average Bonchev–Trinajstić information content (AvgIpc) is 2.72. The van der Waals surface area contributed by atoms with E-state index in [-0.39, 0.29) is 22.2 Å². The Morgan fingerprint density at radius 2 is 2.33 bits per heavy atom. The SMILES string of the molecule is CC(C)n1ncc(NC2(C)CCOC2)c(Cl)c1=O. The number of ether oxygens (including phenoxy) is 1. The standard InChI is InChI=1S/C12H18ClN3O2/c1-8(2)16-11(17)10(13)9(6-14-16)15-12(3)4-5-18-7-12/h6,8,15H,4-5,7H2,1-3H3. The molecule has 1 aliphatic heterocycles. The molecule has 6 heteroatoms. The third-order valence-corrected chi connectivity index (χ3v) is 3.45. The molecule has 0 aliphatic carbocycles. The van der Waals surface area contributed by atoms with Crippen LogP contribution >= 0.6 is 11.6 Å². The summed E-state index contributed by atoms with van der Waals surface area (Å²) in [5.74, 6) is 0. The number of halogens is 1. The van der Waals surface area contributed by atoms with Crippen LogP contribution in [0, 0.1) is 0 Å². The van der Waals surface area contributed by atoms with E-state index in [0.29, 0.717) is 12.3 Å². The van der Waals surface area contributed by atoms with Gasteiger partial charge in [-0.05, 0) is 27.2 Å². The van der Waals surface area contributed by atoms with E-state index in [1.165, 1.54) is 4.68 Å². The van der Waals surface area contributed by atoms with Crippen LogP contribution in [0.15, 0.2) is 11.0 Å². The summed E-state index contributed by atoms with van der Waals surface area (Å²) in [6, 6.07) is -0.00514. The van der Waals surface area contributed by atoms with Crippen molar-refractivity contribution in [3.05, 3.63) is 21.6 Å². The Morgan fingerprint density at radius 1 is 1.61 bits per heavy atom. The first kappa shape index (κ1) is 13.4. The molecule has 1 aromatic rings. The fraction of sp³-hybridized carbons (Fsp3) is 0.667. The van der Waals surface area contributed by atoms with Crippen molar-refractivity contribution in [1.82, 2.24) is 9.78 Å². The van der Waals surface area contributed by atoms with Crippen molar-refractivity contribution in [3.63, 3.8) is 0 Å². The second-order valence-corrected chi connectivity index (χ2v) is 5.58. The molecule has 1 atom stereocenters. The molecular weight excluding hydrogens is 254 g/mol. The van der Waals surface area contributed by atoms with Gasteiger partial charge in [0.25, 0.3) is 5.56 Å². The maximum Gasteiger partial charge on any atom is 0.287 e. The van der Waals surface area contributed by atoms with Gasteiger partial charge in [0, 0.05) is 6.61 Å². The molecule has 5 nitrogen and oxygen atoms in total. The summed E-state index contributed by atoms with van der Waals surface area (Å²) >= 11 is 6.11. The first-order valence-corrected chi connectivity index (χ1v) is 6.44. The van der Waals surface area contributed by atoms with Crippen molar-refractivity contribution in [3.8, 4) is 0 Å². The van der Waals surface area contributed by atoms with E-state index in [1.54, 1.807) is 6.20 Å². The third kappa shape index (κ3) is 2.52. The smallest absolute Gasteiger partial charge is 0.287 e. The molecule has 1 fully saturated rings. The lowest BCUT2D eigenvalue weighted by Gasteiger charge is -2.25. The lowest BCUT2D eigenvalue weighted by molar-refractivity contribution is 0.185. The topological polar surface area (TPSA) is 56.1 Å². The molecule has 0 radical (unpaired) electrons. The summed E-state index contributed by atoms with van der Waals surface area (Å²) < 4.78 is 6.73. The number of nitrogens with one attached hydrogen (secondary N) is 1. The zero-order valence-electron chi connectivity index (χ0n) is 10.9. The number of nitrogens with zero attached hydrogens (tertiary/aromatic N) is 2. The largest absolute Gasteiger partial charge is 0.379 e. The van der Waals surface area contributed by atoms with Crippen molar-refractivity contribution in [2.75, 3.05) is 18.5 Å². The van der Waals surface area contributed by atoms with E-state index in [0.717, 1.165) is 13.0 Å². The molecule has 1 aliphatic rings. The summed E-state index contributed by atoms with van der Waals surface area (Å²) in [5, 5.41) is 7.57. The van der Waals surface area contributed by atoms with E-state index < -0.39 is 0 Å². The highest BCUT2D eigenvalue weighted by Gasteiger charge is 2.30. The zero-order valence-corrected chi connectivity index (χ0v) is 11.6. The Kier molecular flexibility index (Phi) is 3.64. The molecule has 0 spiro atoms. The molecule has 0 bridgehead atoms. The lowest BCUT2D eigenvalue weighted by atomic mass is 10.0. The van der Waals surface area contributed by atoms with Gasteiger partial charge in [-0.2, -0.15) is 5.10 Å². The molecule has 0 aromatic carbocycles. The van der Waals surface area contributed by atoms with Crippen molar-refractivity contribution < 1.29 is 4.74 Å². The Balaban J connectivity index is 2.30. The van der Waals surface area contributed by atoms with Gasteiger partial charge in [0.05, 0.1) is 30.1 Å². The van der Waals surface area contributed by atoms with Crippen LogP contribution in [0.1, 0.15) is 33.2 Å². The predicted molar refractivity (Wildman–Crippen MR) is 71.4 cm³/mol. The van der Waals surface area contributed by atoms with Gasteiger partial charge in [-0.25, -0.2) is 4.68 Å². The minimum Gasteiger partial charge on any atom is -0.379 e. The fourth-order valence-corrected chi connectivity index (χ4v) is 2.17. The number of aromatic nitrogens is 2. The summed E-state index contributed by atoms with van der Waals surface area (Å²) in [6.07, 6.45) is 2.49. The second kappa shape index (κ2) is 4.90. The van der Waals surface area contributed by atoms with Crippen LogP contribution < -0.4 is 10.9 Å². The molecule has 1 saturated heterocycles. The molecular formula is C12H18ClN3O2. The highest BCUT2D eigenvalue weighted by Crippen LogP contribution is 2.26. The van der Waals surface area contributed by atoms with Gasteiger partial charge in [0.1, 0.15) is 5.02 Å². The van der Waals surface area contributed by atoms with E-state index in [4.69, 9.17) is 16.3 Å². The van der Waals surface area contributed by atoms with Gasteiger partial charge < -0.3 is 10.1 Å². The number of hydrogen-bond donors (Lipinski definition) is 1. The van der Waals surface area contributed by atoms with Crippen LogP contribution in [-0.2, 0) is 4.74 Å². The average molecular weight is 272 g/mol. The van der Waals surface area contributed by atoms with Crippen molar-refractivity contribution >= 4 is 17.3 Å². The normalized spacial score (nSPS) is 23.6. The van der Waals surface area contributed by atoms with E-state index in [1.807, 2.05) is 20.8 Å². The fourth-order valence-electron chi connectivity index (χ4n) is 1.99. The van der Waals surface area contributed by atoms with Gasteiger partial charge >= 0.3 is 0 Å². The summed E-state index contributed by atoms with van der Waals surface area (Å²) in [6.45, 7) is 7.16. The number of anilines is 1. The first-order chi connectivity index (χ1) is 8.43. The second-order valence-electron chi connectivity index (χ2n) is 5.20. The summed E-state index contributed by atoms with van der Waals surface area (Å²) in [5.41, 5.74) is 0.132. The molecule has 2 rings (SSSR count). The van der Waals surface area contributed by atoms with Crippen molar-refractivity contribution in [2.45, 2.75) is 38.8 Å². The van der Waals surface area contributed by atoms with E-state index >= 15 is 0 Å². The molecule has 2 heterocycles. The summed E-state index contributed by atoms with van der Waals surface area (Å²) in [7, 11) is 0. The molecule has 18 heavy (non-hydrogen) atoms. The van der Waals surface area contributed by atoms with E-state index in [9.17, 15) is 4.79 Å². The van der Waals surface area contributed by atoms with Gasteiger partial charge in [-0.15, -0.1) is 0 Å². The lowest BCUT2D eigenvalue weighted by Crippen LogP contribution is -2.36. The van der Waals surface area contributed by atoms with Crippen LogP contribution in [0.3, 0.4) is 0 Å². The Labute approximate surface area is 111 Å². The highest BCUT2D eigenvalue weighted by atomic mass is 35.5. The summed E-state index contributed by atoms with van der Waals surface area (Å²) in [4.78, 5) is 12.0. The maximum atomic E-state index is 12.0. The van der Waals surface area contributed by atoms with Crippen LogP contribution in [0.2, 0.25) is 5.02 Å². The third-order valence-electron chi connectivity index (χ3n) is 3.09. The quantitative estimate of drug-likeness (QED) is 0.914. The Hall–Kier alpha value is -1.07. The number of hydrogen-bond acceptors (Lipinski definition) is 4. The van der Waals surface area contributed by atoms with Gasteiger partial charge in [-0.1, -0.05) is 11.6 Å². The van der Waals surface area contributed by atoms with Crippen LogP contribution in [0.4, 0.5) is 5.69 Å². The molecule has 0 saturated carbocycles. The molecule has 1 N–H and O–H groups in total. The van der Waals surface area contributed by atoms with Gasteiger partial charge in [0.15, 0.2) is 0 Å². The molecule has 1 unspecified atom stereocenters. The van der Waals surface area contributed by atoms with Gasteiger partial charge in [-0.3, -0.25) is 4.79 Å². The van der Waals surface area contributed by atoms with Crippen molar-refractivity contribution in [1.29, 1.82) is 0 Å². The van der Waals surface area contributed by atoms with Crippen LogP contribution in [0.25, 0.3) is 0 Å². The molecule has 0 amide bonds. The highest BCUT2D eigenvalue weighted by molar-refractivity contribution is 6.32. The molecule has 100 valence electrons.